The first-order valence-electron chi connectivity index (χ1n) is 8.23. The van der Waals surface area contributed by atoms with Gasteiger partial charge in [-0.05, 0) is 24.3 Å². The van der Waals surface area contributed by atoms with Gasteiger partial charge in [-0.15, -0.1) is 5.10 Å². The Kier molecular flexibility index (Phi) is 4.40. The lowest BCUT2D eigenvalue weighted by Gasteiger charge is -2.07. The van der Waals surface area contributed by atoms with Gasteiger partial charge in [0.25, 0.3) is 5.56 Å². The second-order valence-corrected chi connectivity index (χ2v) is 5.83. The molecule has 0 radical (unpaired) electrons. The molecule has 9 heteroatoms. The van der Waals surface area contributed by atoms with Crippen molar-refractivity contribution in [2.45, 2.75) is 13.1 Å². The molecule has 0 fully saturated rings. The van der Waals surface area contributed by atoms with E-state index in [0.717, 1.165) is 5.69 Å². The highest BCUT2D eigenvalue weighted by atomic mass is 16.2. The van der Waals surface area contributed by atoms with Crippen LogP contribution in [-0.2, 0) is 17.9 Å². The van der Waals surface area contributed by atoms with Crippen LogP contribution in [0.4, 0.5) is 0 Å². The number of fused-ring (bicyclic) bond motifs is 1. The van der Waals surface area contributed by atoms with Crippen LogP contribution >= 0.6 is 0 Å². The van der Waals surface area contributed by atoms with Gasteiger partial charge in [-0.2, -0.15) is 0 Å². The van der Waals surface area contributed by atoms with E-state index in [0.29, 0.717) is 16.6 Å². The van der Waals surface area contributed by atoms with E-state index in [1.54, 1.807) is 53.6 Å². The highest BCUT2D eigenvalue weighted by molar-refractivity contribution is 5.78. The van der Waals surface area contributed by atoms with Crippen LogP contribution in [0.5, 0.6) is 0 Å². The van der Waals surface area contributed by atoms with E-state index in [9.17, 15) is 9.59 Å². The molecule has 3 heterocycles. The third kappa shape index (κ3) is 3.56. The summed E-state index contributed by atoms with van der Waals surface area (Å²) in [5.74, 6) is -0.312. The van der Waals surface area contributed by atoms with E-state index in [-0.39, 0.29) is 24.6 Å². The zero-order chi connectivity index (χ0) is 18.6. The number of nitrogens with zero attached hydrogens (tertiary/aromatic N) is 6. The van der Waals surface area contributed by atoms with Crippen molar-refractivity contribution in [3.05, 3.63) is 77.4 Å². The first-order valence-corrected chi connectivity index (χ1v) is 8.23. The molecule has 1 N–H and O–H groups in total. The third-order valence-electron chi connectivity index (χ3n) is 3.98. The Labute approximate surface area is 153 Å². The summed E-state index contributed by atoms with van der Waals surface area (Å²) in [5.41, 5.74) is 1.78. The maximum atomic E-state index is 12.4. The van der Waals surface area contributed by atoms with Crippen molar-refractivity contribution in [2.75, 3.05) is 0 Å². The molecule has 4 rings (SSSR count). The lowest BCUT2D eigenvalue weighted by Crippen LogP contribution is -2.32. The number of carbonyl (C=O) groups is 1. The zero-order valence-corrected chi connectivity index (χ0v) is 14.2. The first kappa shape index (κ1) is 16.6. The van der Waals surface area contributed by atoms with Crippen LogP contribution in [-0.4, -0.2) is 35.4 Å². The van der Waals surface area contributed by atoms with Crippen molar-refractivity contribution >= 4 is 16.8 Å². The summed E-state index contributed by atoms with van der Waals surface area (Å²) in [4.78, 5) is 32.8. The van der Waals surface area contributed by atoms with Crippen LogP contribution in [0.1, 0.15) is 5.69 Å². The molecule has 134 valence electrons. The van der Waals surface area contributed by atoms with Crippen LogP contribution in [0.2, 0.25) is 0 Å². The van der Waals surface area contributed by atoms with Crippen LogP contribution in [0.15, 0.2) is 66.1 Å². The largest absolute Gasteiger partial charge is 0.349 e. The maximum absolute atomic E-state index is 12.4. The zero-order valence-electron chi connectivity index (χ0n) is 14.2. The second kappa shape index (κ2) is 7.16. The maximum Gasteiger partial charge on any atom is 0.261 e. The molecule has 0 atom stereocenters. The molecule has 4 aromatic rings. The van der Waals surface area contributed by atoms with Crippen molar-refractivity contribution in [1.82, 2.24) is 34.8 Å². The molecule has 0 spiro atoms. The summed E-state index contributed by atoms with van der Waals surface area (Å²) in [5, 5.41) is 11.3. The summed E-state index contributed by atoms with van der Waals surface area (Å²) < 4.78 is 2.88. The SMILES string of the molecule is O=C(Cn1cnc2ccccc2c1=O)NCc1cn(-c2ccncc2)nn1. The van der Waals surface area contributed by atoms with E-state index in [4.69, 9.17) is 0 Å². The Morgan fingerprint density at radius 2 is 1.93 bits per heavy atom. The minimum absolute atomic E-state index is 0.116. The highest BCUT2D eigenvalue weighted by Gasteiger charge is 2.09. The number of hydrogen-bond donors (Lipinski definition) is 1. The van der Waals surface area contributed by atoms with Crippen molar-refractivity contribution in [3.63, 3.8) is 0 Å². The molecule has 0 saturated heterocycles. The molecule has 0 aliphatic heterocycles. The topological polar surface area (TPSA) is 108 Å². The number of hydrogen-bond acceptors (Lipinski definition) is 6. The molecule has 0 unspecified atom stereocenters. The van der Waals surface area contributed by atoms with Gasteiger partial charge in [-0.25, -0.2) is 9.67 Å². The number of aromatic nitrogens is 6. The van der Waals surface area contributed by atoms with Crippen molar-refractivity contribution < 1.29 is 4.79 Å². The normalized spacial score (nSPS) is 10.8. The highest BCUT2D eigenvalue weighted by Crippen LogP contribution is 2.05. The molecule has 0 aliphatic carbocycles. The predicted molar refractivity (Wildman–Crippen MR) is 97.0 cm³/mol. The molecule has 0 saturated carbocycles. The minimum atomic E-state index is -0.312. The van der Waals surface area contributed by atoms with E-state index < -0.39 is 0 Å². The molecule has 9 nitrogen and oxygen atoms in total. The van der Waals surface area contributed by atoms with Gasteiger partial charge in [0, 0.05) is 12.4 Å². The summed E-state index contributed by atoms with van der Waals surface area (Å²) >= 11 is 0. The monoisotopic (exact) mass is 361 g/mol. The van der Waals surface area contributed by atoms with Gasteiger partial charge >= 0.3 is 0 Å². The number of rotatable bonds is 5. The molecule has 1 amide bonds. The minimum Gasteiger partial charge on any atom is -0.349 e. The number of para-hydroxylation sites is 1. The standard InChI is InChI=1S/C18H15N7O2/c26-17(11-24-12-21-16-4-2-1-3-15(16)18(24)27)20-9-13-10-25(23-22-13)14-5-7-19-8-6-14/h1-8,10,12H,9,11H2,(H,20,26). The number of benzene rings is 1. The Bertz CT molecular complexity index is 1150. The van der Waals surface area contributed by atoms with Crippen molar-refractivity contribution in [1.29, 1.82) is 0 Å². The van der Waals surface area contributed by atoms with Gasteiger partial charge in [0.2, 0.25) is 5.91 Å². The molecule has 0 bridgehead atoms. The quantitative estimate of drug-likeness (QED) is 0.560. The van der Waals surface area contributed by atoms with Gasteiger partial charge in [0.15, 0.2) is 0 Å². The summed E-state index contributed by atoms with van der Waals surface area (Å²) in [6.07, 6.45) is 6.42. The van der Waals surface area contributed by atoms with E-state index in [2.05, 4.69) is 25.6 Å². The van der Waals surface area contributed by atoms with Gasteiger partial charge in [-0.3, -0.25) is 19.1 Å². The summed E-state index contributed by atoms with van der Waals surface area (Å²) in [6.45, 7) is 0.0921. The van der Waals surface area contributed by atoms with Crippen LogP contribution in [0.25, 0.3) is 16.6 Å². The average molecular weight is 361 g/mol. The van der Waals surface area contributed by atoms with Gasteiger partial charge < -0.3 is 5.32 Å². The number of carbonyl (C=O) groups excluding carboxylic acids is 1. The molecular weight excluding hydrogens is 346 g/mol. The van der Waals surface area contributed by atoms with E-state index in [1.807, 2.05) is 6.07 Å². The lowest BCUT2D eigenvalue weighted by atomic mass is 10.2. The Hall–Kier alpha value is -3.88. The molecule has 1 aromatic carbocycles. The molecule has 27 heavy (non-hydrogen) atoms. The van der Waals surface area contributed by atoms with Crippen LogP contribution in [0.3, 0.4) is 0 Å². The van der Waals surface area contributed by atoms with Gasteiger partial charge in [-0.1, -0.05) is 17.3 Å². The fraction of sp³-hybridized carbons (Fsp3) is 0.111. The van der Waals surface area contributed by atoms with Crippen molar-refractivity contribution in [2.24, 2.45) is 0 Å². The Balaban J connectivity index is 1.41. The van der Waals surface area contributed by atoms with Crippen LogP contribution in [0, 0.1) is 0 Å². The lowest BCUT2D eigenvalue weighted by molar-refractivity contribution is -0.121. The van der Waals surface area contributed by atoms with Crippen LogP contribution < -0.4 is 10.9 Å². The average Bonchev–Trinajstić information content (AvgIpc) is 3.19. The number of pyridine rings is 1. The third-order valence-corrected chi connectivity index (χ3v) is 3.98. The van der Waals surface area contributed by atoms with Crippen molar-refractivity contribution in [3.8, 4) is 5.69 Å². The Morgan fingerprint density at radius 1 is 1.11 bits per heavy atom. The van der Waals surface area contributed by atoms with E-state index >= 15 is 0 Å². The predicted octanol–water partition coefficient (Wildman–Crippen LogP) is 0.689. The fourth-order valence-corrected chi connectivity index (χ4v) is 2.62. The number of amides is 1. The van der Waals surface area contributed by atoms with E-state index in [1.165, 1.54) is 10.9 Å². The second-order valence-electron chi connectivity index (χ2n) is 5.83. The summed E-state index contributed by atoms with van der Waals surface area (Å²) in [6, 6.07) is 10.6. The summed E-state index contributed by atoms with van der Waals surface area (Å²) in [7, 11) is 0. The molecule has 3 aromatic heterocycles. The number of nitrogens with one attached hydrogen (secondary N) is 1. The molecule has 0 aliphatic rings. The van der Waals surface area contributed by atoms with Gasteiger partial charge in [0.1, 0.15) is 12.2 Å². The molecular formula is C18H15N7O2. The smallest absolute Gasteiger partial charge is 0.261 e. The fourth-order valence-electron chi connectivity index (χ4n) is 2.62. The Morgan fingerprint density at radius 3 is 2.78 bits per heavy atom. The first-order chi connectivity index (χ1) is 13.2. The van der Waals surface area contributed by atoms with Gasteiger partial charge in [0.05, 0.1) is 35.7 Å².